The van der Waals surface area contributed by atoms with Crippen molar-refractivity contribution in [3.8, 4) is 11.5 Å². The first-order valence-corrected chi connectivity index (χ1v) is 8.52. The van der Waals surface area contributed by atoms with Crippen LogP contribution in [0.4, 0.5) is 0 Å². The van der Waals surface area contributed by atoms with Gasteiger partial charge in [-0.3, -0.25) is 0 Å². The minimum absolute atomic E-state index is 0.342. The molecule has 0 saturated carbocycles. The van der Waals surface area contributed by atoms with Crippen molar-refractivity contribution in [3.63, 3.8) is 0 Å². The third-order valence-electron chi connectivity index (χ3n) is 4.92. The van der Waals surface area contributed by atoms with Gasteiger partial charge in [0.05, 0.1) is 18.3 Å². The Hall–Kier alpha value is -1.98. The zero-order chi connectivity index (χ0) is 18.1. The monoisotopic (exact) mass is 340 g/mol. The van der Waals surface area contributed by atoms with Crippen LogP contribution in [0.15, 0.2) is 48.5 Å². The molecule has 1 heterocycles. The average Bonchev–Trinajstić information content (AvgIpc) is 2.81. The number of hydrogen-bond donors (Lipinski definition) is 0. The topological polar surface area (TPSA) is 36.9 Å². The smallest absolute Gasteiger partial charge is 0.494 e. The van der Waals surface area contributed by atoms with Crippen molar-refractivity contribution in [1.29, 1.82) is 0 Å². The molecule has 4 nitrogen and oxygen atoms in total. The van der Waals surface area contributed by atoms with Crippen LogP contribution in [0, 0.1) is 0 Å². The zero-order valence-electron chi connectivity index (χ0n) is 15.5. The van der Waals surface area contributed by atoms with E-state index >= 15 is 0 Å². The van der Waals surface area contributed by atoms with E-state index in [0.717, 1.165) is 22.5 Å². The van der Waals surface area contributed by atoms with E-state index in [0.29, 0.717) is 6.61 Å². The minimum Gasteiger partial charge on any atom is -0.497 e. The molecular formula is C20H25BO4. The second-order valence-electron chi connectivity index (χ2n) is 7.30. The predicted octanol–water partition coefficient (Wildman–Crippen LogP) is 3.57. The summed E-state index contributed by atoms with van der Waals surface area (Å²) in [5.74, 6) is 1.56. The second-order valence-corrected chi connectivity index (χ2v) is 7.30. The molecular weight excluding hydrogens is 315 g/mol. The molecule has 0 N–H and O–H groups in total. The number of hydrogen-bond acceptors (Lipinski definition) is 4. The predicted molar refractivity (Wildman–Crippen MR) is 99.5 cm³/mol. The van der Waals surface area contributed by atoms with E-state index in [1.807, 2.05) is 42.5 Å². The average molecular weight is 340 g/mol. The summed E-state index contributed by atoms with van der Waals surface area (Å²) in [5.41, 5.74) is 1.38. The standard InChI is InChI=1S/C20H25BO4/c1-19(2)20(3,4)25-21(24-19)16-9-6-8-15(12-16)14-23-18-11-7-10-17(13-18)22-5/h6-13H,14H2,1-5H3. The van der Waals surface area contributed by atoms with Gasteiger partial charge in [-0.1, -0.05) is 30.3 Å². The Morgan fingerprint density at radius 3 is 2.20 bits per heavy atom. The van der Waals surface area contributed by atoms with Crippen molar-refractivity contribution in [3.05, 3.63) is 54.1 Å². The molecule has 2 aromatic rings. The molecule has 0 unspecified atom stereocenters. The maximum atomic E-state index is 6.12. The van der Waals surface area contributed by atoms with Gasteiger partial charge in [0.2, 0.25) is 0 Å². The van der Waals surface area contributed by atoms with Crippen molar-refractivity contribution in [2.45, 2.75) is 45.5 Å². The zero-order valence-corrected chi connectivity index (χ0v) is 15.5. The fourth-order valence-electron chi connectivity index (χ4n) is 2.67. The molecule has 0 aromatic heterocycles. The molecule has 2 aromatic carbocycles. The van der Waals surface area contributed by atoms with Crippen LogP contribution in [0.2, 0.25) is 0 Å². The quantitative estimate of drug-likeness (QED) is 0.780. The highest BCUT2D eigenvalue weighted by atomic mass is 16.7. The van der Waals surface area contributed by atoms with Crippen LogP contribution in [0.25, 0.3) is 0 Å². The molecule has 3 rings (SSSR count). The Morgan fingerprint density at radius 2 is 1.52 bits per heavy atom. The summed E-state index contributed by atoms with van der Waals surface area (Å²) in [4.78, 5) is 0. The fourth-order valence-corrected chi connectivity index (χ4v) is 2.67. The molecule has 0 radical (unpaired) electrons. The first kappa shape index (κ1) is 17.8. The molecule has 25 heavy (non-hydrogen) atoms. The summed E-state index contributed by atoms with van der Waals surface area (Å²) in [6, 6.07) is 15.7. The van der Waals surface area contributed by atoms with Gasteiger partial charge in [0, 0.05) is 6.07 Å². The Labute approximate surface area is 150 Å². The summed E-state index contributed by atoms with van der Waals surface area (Å²) >= 11 is 0. The molecule has 0 atom stereocenters. The van der Waals surface area contributed by atoms with Gasteiger partial charge in [-0.15, -0.1) is 0 Å². The number of ether oxygens (including phenoxy) is 2. The van der Waals surface area contributed by atoms with Gasteiger partial charge < -0.3 is 18.8 Å². The summed E-state index contributed by atoms with van der Waals surface area (Å²) in [6.45, 7) is 8.71. The Balaban J connectivity index is 1.70. The second kappa shape index (κ2) is 6.73. The number of rotatable bonds is 5. The van der Waals surface area contributed by atoms with Crippen molar-refractivity contribution in [2.75, 3.05) is 7.11 Å². The van der Waals surface area contributed by atoms with Crippen molar-refractivity contribution in [1.82, 2.24) is 0 Å². The Kier molecular flexibility index (Phi) is 4.80. The van der Waals surface area contributed by atoms with Crippen LogP contribution in [0.5, 0.6) is 11.5 Å². The van der Waals surface area contributed by atoms with E-state index in [2.05, 4.69) is 33.8 Å². The highest BCUT2D eigenvalue weighted by Gasteiger charge is 2.51. The molecule has 0 spiro atoms. The Bertz CT molecular complexity index is 726. The van der Waals surface area contributed by atoms with E-state index < -0.39 is 0 Å². The molecule has 0 aliphatic carbocycles. The third kappa shape index (κ3) is 3.83. The Morgan fingerprint density at radius 1 is 0.880 bits per heavy atom. The van der Waals surface area contributed by atoms with Crippen LogP contribution in [0.3, 0.4) is 0 Å². The van der Waals surface area contributed by atoms with Gasteiger partial charge in [-0.05, 0) is 50.9 Å². The van der Waals surface area contributed by atoms with Crippen LogP contribution in [0.1, 0.15) is 33.3 Å². The lowest BCUT2D eigenvalue weighted by atomic mass is 9.78. The van der Waals surface area contributed by atoms with E-state index in [9.17, 15) is 0 Å². The molecule has 5 heteroatoms. The van der Waals surface area contributed by atoms with Gasteiger partial charge in [-0.25, -0.2) is 0 Å². The molecule has 1 aliphatic rings. The first-order chi connectivity index (χ1) is 11.8. The van der Waals surface area contributed by atoms with Gasteiger partial charge in [-0.2, -0.15) is 0 Å². The van der Waals surface area contributed by atoms with Crippen molar-refractivity contribution in [2.24, 2.45) is 0 Å². The van der Waals surface area contributed by atoms with Gasteiger partial charge >= 0.3 is 7.12 Å². The summed E-state index contributed by atoms with van der Waals surface area (Å²) in [7, 11) is 1.29. The third-order valence-corrected chi connectivity index (χ3v) is 4.92. The largest absolute Gasteiger partial charge is 0.497 e. The van der Waals surface area contributed by atoms with Gasteiger partial charge in [0.25, 0.3) is 0 Å². The summed E-state index contributed by atoms with van der Waals surface area (Å²) in [6.07, 6.45) is 0. The van der Waals surface area contributed by atoms with Crippen molar-refractivity contribution < 1.29 is 18.8 Å². The molecule has 1 aliphatic heterocycles. The highest BCUT2D eigenvalue weighted by Crippen LogP contribution is 2.36. The highest BCUT2D eigenvalue weighted by molar-refractivity contribution is 6.62. The van der Waals surface area contributed by atoms with E-state index in [4.69, 9.17) is 18.8 Å². The van der Waals surface area contributed by atoms with E-state index in [1.165, 1.54) is 0 Å². The minimum atomic E-state index is -0.359. The SMILES string of the molecule is COc1cccc(OCc2cccc(B3OC(C)(C)C(C)(C)O3)c2)c1. The molecule has 1 fully saturated rings. The van der Waals surface area contributed by atoms with Crippen molar-refractivity contribution >= 4 is 12.6 Å². The van der Waals surface area contributed by atoms with Crippen LogP contribution < -0.4 is 14.9 Å². The van der Waals surface area contributed by atoms with Crippen LogP contribution >= 0.6 is 0 Å². The van der Waals surface area contributed by atoms with Crippen LogP contribution in [-0.2, 0) is 15.9 Å². The number of benzene rings is 2. The fraction of sp³-hybridized carbons (Fsp3) is 0.400. The van der Waals surface area contributed by atoms with E-state index in [-0.39, 0.29) is 18.3 Å². The first-order valence-electron chi connectivity index (χ1n) is 8.52. The molecule has 1 saturated heterocycles. The molecule has 0 amide bonds. The maximum Gasteiger partial charge on any atom is 0.494 e. The van der Waals surface area contributed by atoms with Gasteiger partial charge in [0.1, 0.15) is 18.1 Å². The lowest BCUT2D eigenvalue weighted by Crippen LogP contribution is -2.41. The van der Waals surface area contributed by atoms with Gasteiger partial charge in [0.15, 0.2) is 0 Å². The molecule has 132 valence electrons. The lowest BCUT2D eigenvalue weighted by Gasteiger charge is -2.32. The summed E-state index contributed by atoms with van der Waals surface area (Å²) < 4.78 is 23.3. The maximum absolute atomic E-state index is 6.12. The lowest BCUT2D eigenvalue weighted by molar-refractivity contribution is 0.00578. The molecule has 0 bridgehead atoms. The van der Waals surface area contributed by atoms with E-state index in [1.54, 1.807) is 7.11 Å². The summed E-state index contributed by atoms with van der Waals surface area (Å²) in [5, 5.41) is 0. The van der Waals surface area contributed by atoms with Crippen LogP contribution in [-0.4, -0.2) is 25.4 Å². The normalized spacial score (nSPS) is 18.2. The number of methoxy groups -OCH3 is 1.